The molecule has 0 saturated heterocycles. The summed E-state index contributed by atoms with van der Waals surface area (Å²) < 4.78 is 2.42. The molecule has 1 aliphatic carbocycles. The van der Waals surface area contributed by atoms with Gasteiger partial charge in [0.25, 0.3) is 0 Å². The first-order valence-electron chi connectivity index (χ1n) is 17.0. The standard InChI is InChI=1S/C48H29N/c1-2-12-36(13-3-1)49-45-20-9-8-18-42(45)48-41-17-7-6-16-39(41)43(29-46(48)49)33-24-23-30-25-32(22-21-31(30)26-33)35-27-34-11-10-19-40-37-14-4-5-15-38(37)44(28-35)47(34)40/h1-29H. The van der Waals surface area contributed by atoms with Crippen LogP contribution in [-0.2, 0) is 0 Å². The fourth-order valence-electron chi connectivity index (χ4n) is 8.50. The monoisotopic (exact) mass is 619 g/mol. The van der Waals surface area contributed by atoms with Gasteiger partial charge in [0, 0.05) is 16.5 Å². The van der Waals surface area contributed by atoms with Gasteiger partial charge in [-0.1, -0.05) is 127 Å². The van der Waals surface area contributed by atoms with E-state index in [-0.39, 0.29) is 0 Å². The summed E-state index contributed by atoms with van der Waals surface area (Å²) in [5, 5.41) is 10.3. The Kier molecular flexibility index (Phi) is 5.45. The molecule has 0 amide bonds. The van der Waals surface area contributed by atoms with Gasteiger partial charge >= 0.3 is 0 Å². The van der Waals surface area contributed by atoms with Crippen molar-refractivity contribution in [1.29, 1.82) is 0 Å². The van der Waals surface area contributed by atoms with Gasteiger partial charge in [-0.15, -0.1) is 0 Å². The Hall–Kier alpha value is -6.44. The van der Waals surface area contributed by atoms with E-state index < -0.39 is 0 Å². The first-order valence-corrected chi connectivity index (χ1v) is 17.0. The second kappa shape index (κ2) is 10.0. The molecule has 11 rings (SSSR count). The highest BCUT2D eigenvalue weighted by Gasteiger charge is 2.22. The van der Waals surface area contributed by atoms with Crippen molar-refractivity contribution in [2.75, 3.05) is 0 Å². The predicted octanol–water partition coefficient (Wildman–Crippen LogP) is 13.2. The zero-order valence-electron chi connectivity index (χ0n) is 26.7. The average molecular weight is 620 g/mol. The van der Waals surface area contributed by atoms with Crippen LogP contribution in [-0.4, -0.2) is 4.57 Å². The maximum atomic E-state index is 2.42. The van der Waals surface area contributed by atoms with Gasteiger partial charge in [-0.05, 0) is 125 Å². The quantitative estimate of drug-likeness (QED) is 0.185. The minimum absolute atomic E-state index is 1.17. The lowest BCUT2D eigenvalue weighted by Gasteiger charge is -2.13. The van der Waals surface area contributed by atoms with Crippen LogP contribution in [0.15, 0.2) is 176 Å². The highest BCUT2D eigenvalue weighted by molar-refractivity contribution is 6.24. The van der Waals surface area contributed by atoms with E-state index in [9.17, 15) is 0 Å². The Bertz CT molecular complexity index is 2980. The average Bonchev–Trinajstić information content (AvgIpc) is 3.68. The van der Waals surface area contributed by atoms with E-state index in [1.165, 1.54) is 104 Å². The molecule has 1 heterocycles. The van der Waals surface area contributed by atoms with Gasteiger partial charge in [0.05, 0.1) is 11.0 Å². The number of fused-ring (bicyclic) bond motifs is 9. The summed E-state index contributed by atoms with van der Waals surface area (Å²) in [6, 6.07) is 65.0. The van der Waals surface area contributed by atoms with Crippen molar-refractivity contribution in [2.45, 2.75) is 0 Å². The largest absolute Gasteiger partial charge is 0.309 e. The van der Waals surface area contributed by atoms with Crippen molar-refractivity contribution in [3.63, 3.8) is 0 Å². The van der Waals surface area contributed by atoms with Crippen molar-refractivity contribution in [2.24, 2.45) is 0 Å². The van der Waals surface area contributed by atoms with Crippen molar-refractivity contribution in [3.8, 4) is 50.2 Å². The number of hydrogen-bond donors (Lipinski definition) is 0. The zero-order valence-corrected chi connectivity index (χ0v) is 26.7. The minimum Gasteiger partial charge on any atom is -0.309 e. The first kappa shape index (κ1) is 26.6. The third-order valence-electron chi connectivity index (χ3n) is 10.7. The summed E-state index contributed by atoms with van der Waals surface area (Å²) in [6.07, 6.45) is 0. The second-order valence-corrected chi connectivity index (χ2v) is 13.3. The number of rotatable bonds is 3. The Morgan fingerprint density at radius 2 is 0.918 bits per heavy atom. The summed E-state index contributed by atoms with van der Waals surface area (Å²) in [7, 11) is 0. The van der Waals surface area contributed by atoms with E-state index in [0.717, 1.165) is 0 Å². The van der Waals surface area contributed by atoms with E-state index >= 15 is 0 Å². The number of nitrogens with zero attached hydrogens (tertiary/aromatic N) is 1. The minimum atomic E-state index is 1.17. The van der Waals surface area contributed by atoms with E-state index in [2.05, 4.69) is 180 Å². The summed E-state index contributed by atoms with van der Waals surface area (Å²) in [5.41, 5.74) is 14.0. The van der Waals surface area contributed by atoms with Crippen LogP contribution in [0.1, 0.15) is 0 Å². The SMILES string of the molecule is c1ccc(-n2c3ccccc3c3c4ccccc4c(-c4ccc5cc(-c6cc7c8c(cccc8c6)-c6ccccc6-7)ccc5c4)cc32)cc1. The van der Waals surface area contributed by atoms with Crippen LogP contribution in [0.25, 0.3) is 104 Å². The fraction of sp³-hybridized carbons (Fsp3) is 0. The van der Waals surface area contributed by atoms with Crippen molar-refractivity contribution >= 4 is 54.1 Å². The van der Waals surface area contributed by atoms with Gasteiger partial charge in [0.15, 0.2) is 0 Å². The van der Waals surface area contributed by atoms with Crippen molar-refractivity contribution in [3.05, 3.63) is 176 Å². The van der Waals surface area contributed by atoms with Gasteiger partial charge in [-0.2, -0.15) is 0 Å². The first-order chi connectivity index (χ1) is 24.3. The van der Waals surface area contributed by atoms with Crippen LogP contribution in [0, 0.1) is 0 Å². The molecule has 0 aliphatic heterocycles. The number of para-hydroxylation sites is 2. The molecular weight excluding hydrogens is 591 g/mol. The number of aromatic nitrogens is 1. The molecule has 0 atom stereocenters. The summed E-state index contributed by atoms with van der Waals surface area (Å²) >= 11 is 0. The molecule has 49 heavy (non-hydrogen) atoms. The van der Waals surface area contributed by atoms with Crippen LogP contribution in [0.4, 0.5) is 0 Å². The zero-order chi connectivity index (χ0) is 32.1. The lowest BCUT2D eigenvalue weighted by atomic mass is 9.92. The molecule has 226 valence electrons. The number of hydrogen-bond acceptors (Lipinski definition) is 0. The molecule has 1 aliphatic rings. The third-order valence-corrected chi connectivity index (χ3v) is 10.7. The van der Waals surface area contributed by atoms with Gasteiger partial charge in [-0.25, -0.2) is 0 Å². The molecule has 1 nitrogen and oxygen atoms in total. The van der Waals surface area contributed by atoms with Crippen LogP contribution < -0.4 is 0 Å². The summed E-state index contributed by atoms with van der Waals surface area (Å²) in [4.78, 5) is 0. The van der Waals surface area contributed by atoms with Crippen molar-refractivity contribution < 1.29 is 0 Å². The predicted molar refractivity (Wildman–Crippen MR) is 209 cm³/mol. The third kappa shape index (κ3) is 3.82. The molecule has 10 aromatic rings. The van der Waals surface area contributed by atoms with Gasteiger partial charge in [-0.3, -0.25) is 0 Å². The molecule has 1 heteroatoms. The van der Waals surface area contributed by atoms with Crippen LogP contribution in [0.3, 0.4) is 0 Å². The Morgan fingerprint density at radius 3 is 1.76 bits per heavy atom. The molecule has 0 spiro atoms. The smallest absolute Gasteiger partial charge is 0.0553 e. The Labute approximate surface area is 283 Å². The molecule has 0 fully saturated rings. The highest BCUT2D eigenvalue weighted by atomic mass is 15.0. The fourth-order valence-corrected chi connectivity index (χ4v) is 8.50. The maximum absolute atomic E-state index is 2.42. The lowest BCUT2D eigenvalue weighted by molar-refractivity contribution is 1.18. The van der Waals surface area contributed by atoms with Gasteiger partial charge < -0.3 is 4.57 Å². The Balaban J connectivity index is 1.09. The molecule has 9 aromatic carbocycles. The molecule has 0 radical (unpaired) electrons. The second-order valence-electron chi connectivity index (χ2n) is 13.3. The van der Waals surface area contributed by atoms with Gasteiger partial charge in [0.1, 0.15) is 0 Å². The van der Waals surface area contributed by atoms with Crippen molar-refractivity contribution in [1.82, 2.24) is 4.57 Å². The molecule has 1 aromatic heterocycles. The van der Waals surface area contributed by atoms with E-state index in [0.29, 0.717) is 0 Å². The van der Waals surface area contributed by atoms with Crippen LogP contribution in [0.5, 0.6) is 0 Å². The molecule has 0 N–H and O–H groups in total. The van der Waals surface area contributed by atoms with Gasteiger partial charge in [0.2, 0.25) is 0 Å². The normalized spacial score (nSPS) is 12.1. The van der Waals surface area contributed by atoms with E-state index in [1.54, 1.807) is 0 Å². The molecule has 0 saturated carbocycles. The molecular formula is C48H29N. The summed E-state index contributed by atoms with van der Waals surface area (Å²) in [6.45, 7) is 0. The molecule has 0 unspecified atom stereocenters. The number of benzene rings is 9. The van der Waals surface area contributed by atoms with Crippen LogP contribution in [0.2, 0.25) is 0 Å². The highest BCUT2D eigenvalue weighted by Crippen LogP contribution is 2.49. The Morgan fingerprint density at radius 1 is 0.286 bits per heavy atom. The van der Waals surface area contributed by atoms with E-state index in [4.69, 9.17) is 0 Å². The topological polar surface area (TPSA) is 4.93 Å². The summed E-state index contributed by atoms with van der Waals surface area (Å²) in [5.74, 6) is 0. The maximum Gasteiger partial charge on any atom is 0.0553 e. The van der Waals surface area contributed by atoms with E-state index in [1.807, 2.05) is 0 Å². The lowest BCUT2D eigenvalue weighted by Crippen LogP contribution is -1.94. The molecule has 0 bridgehead atoms. The van der Waals surface area contributed by atoms with Crippen LogP contribution >= 0.6 is 0 Å².